The number of hydrogen-bond acceptors (Lipinski definition) is 4. The maximum absolute atomic E-state index is 8.61. The average molecular weight is 207 g/mol. The van der Waals surface area contributed by atoms with Crippen LogP contribution in [0.15, 0.2) is 0 Å². The number of hydrogen-bond donors (Lipinski definition) is 1. The lowest BCUT2D eigenvalue weighted by molar-refractivity contribution is 0.501. The highest BCUT2D eigenvalue weighted by Gasteiger charge is 2.22. The second-order valence-electron chi connectivity index (χ2n) is 3.49. The molecule has 0 amide bonds. The Bertz CT molecular complexity index is 364. The molecule has 1 heterocycles. The summed E-state index contributed by atoms with van der Waals surface area (Å²) in [5.74, 6) is 0. The van der Waals surface area contributed by atoms with Crippen molar-refractivity contribution in [2.24, 2.45) is 0 Å². The molecule has 0 spiro atoms. The van der Waals surface area contributed by atoms with Crippen LogP contribution >= 0.6 is 11.3 Å². The Balaban J connectivity index is 2.29. The zero-order valence-corrected chi connectivity index (χ0v) is 9.02. The van der Waals surface area contributed by atoms with Gasteiger partial charge in [-0.25, -0.2) is 4.98 Å². The van der Waals surface area contributed by atoms with Gasteiger partial charge in [0, 0.05) is 10.9 Å². The van der Waals surface area contributed by atoms with E-state index in [1.165, 1.54) is 23.4 Å². The minimum Gasteiger partial charge on any atom is -0.312 e. The molecule has 1 aliphatic rings. The molecule has 14 heavy (non-hydrogen) atoms. The summed E-state index contributed by atoms with van der Waals surface area (Å²) in [6, 6.07) is 2.62. The lowest BCUT2D eigenvalue weighted by atomic mass is 9.98. The van der Waals surface area contributed by atoms with Gasteiger partial charge < -0.3 is 5.32 Å². The van der Waals surface area contributed by atoms with E-state index in [1.807, 2.05) is 7.05 Å². The Kier molecular flexibility index (Phi) is 2.80. The van der Waals surface area contributed by atoms with Crippen molar-refractivity contribution in [2.45, 2.75) is 31.7 Å². The van der Waals surface area contributed by atoms with Crippen LogP contribution in [0.3, 0.4) is 0 Å². The van der Waals surface area contributed by atoms with Gasteiger partial charge in [-0.15, -0.1) is 11.3 Å². The Morgan fingerprint density at radius 1 is 1.71 bits per heavy atom. The van der Waals surface area contributed by atoms with Crippen molar-refractivity contribution in [3.8, 4) is 6.07 Å². The molecule has 1 aromatic rings. The molecule has 1 aromatic heterocycles. The molecule has 0 saturated carbocycles. The van der Waals surface area contributed by atoms with Crippen LogP contribution in [0.25, 0.3) is 0 Å². The van der Waals surface area contributed by atoms with Gasteiger partial charge in [0.15, 0.2) is 0 Å². The summed E-state index contributed by atoms with van der Waals surface area (Å²) in [5.41, 5.74) is 1.21. The van der Waals surface area contributed by atoms with E-state index in [-0.39, 0.29) is 0 Å². The van der Waals surface area contributed by atoms with Gasteiger partial charge in [0.2, 0.25) is 0 Å². The van der Waals surface area contributed by atoms with Crippen molar-refractivity contribution in [1.82, 2.24) is 10.3 Å². The molecule has 0 aromatic carbocycles. The predicted octanol–water partition coefficient (Wildman–Crippen LogP) is 1.81. The SMILES string of the molecule is CNC1CCCc2nc(CC#N)sc21. The molecule has 0 radical (unpaired) electrons. The maximum atomic E-state index is 8.61. The second kappa shape index (κ2) is 4.07. The van der Waals surface area contributed by atoms with Crippen LogP contribution in [0.4, 0.5) is 0 Å². The van der Waals surface area contributed by atoms with E-state index in [1.54, 1.807) is 11.3 Å². The van der Waals surface area contributed by atoms with E-state index in [0.29, 0.717) is 12.5 Å². The van der Waals surface area contributed by atoms with Crippen LogP contribution in [0.2, 0.25) is 0 Å². The van der Waals surface area contributed by atoms with E-state index in [0.717, 1.165) is 11.4 Å². The summed E-state index contributed by atoms with van der Waals surface area (Å²) >= 11 is 1.70. The summed E-state index contributed by atoms with van der Waals surface area (Å²) in [6.07, 6.45) is 3.93. The van der Waals surface area contributed by atoms with E-state index in [2.05, 4.69) is 16.4 Å². The van der Waals surface area contributed by atoms with Crippen LogP contribution in [0.1, 0.15) is 34.5 Å². The monoisotopic (exact) mass is 207 g/mol. The number of nitrogens with zero attached hydrogens (tertiary/aromatic N) is 2. The number of thiazole rings is 1. The van der Waals surface area contributed by atoms with Crippen LogP contribution in [0, 0.1) is 11.3 Å². The summed E-state index contributed by atoms with van der Waals surface area (Å²) in [6.45, 7) is 0. The number of nitrogens with one attached hydrogen (secondary N) is 1. The summed E-state index contributed by atoms with van der Waals surface area (Å²) in [5, 5.41) is 12.9. The summed E-state index contributed by atoms with van der Waals surface area (Å²) in [4.78, 5) is 5.85. The van der Waals surface area contributed by atoms with Crippen molar-refractivity contribution in [3.05, 3.63) is 15.6 Å². The molecule has 0 fully saturated rings. The highest BCUT2D eigenvalue weighted by Crippen LogP contribution is 2.33. The molecular formula is C10H13N3S. The zero-order chi connectivity index (χ0) is 9.97. The van der Waals surface area contributed by atoms with E-state index in [4.69, 9.17) is 5.26 Å². The first-order valence-electron chi connectivity index (χ1n) is 4.88. The first-order chi connectivity index (χ1) is 6.85. The van der Waals surface area contributed by atoms with Crippen molar-refractivity contribution < 1.29 is 0 Å². The minimum absolute atomic E-state index is 0.452. The molecule has 74 valence electrons. The van der Waals surface area contributed by atoms with Gasteiger partial charge >= 0.3 is 0 Å². The fourth-order valence-electron chi connectivity index (χ4n) is 1.89. The lowest BCUT2D eigenvalue weighted by Gasteiger charge is -2.20. The number of rotatable bonds is 2. The molecule has 1 aliphatic carbocycles. The molecule has 0 saturated heterocycles. The van der Waals surface area contributed by atoms with Crippen molar-refractivity contribution in [2.75, 3.05) is 7.05 Å². The fourth-order valence-corrected chi connectivity index (χ4v) is 3.08. The Hall–Kier alpha value is -0.920. The van der Waals surface area contributed by atoms with Crippen LogP contribution < -0.4 is 5.32 Å². The maximum Gasteiger partial charge on any atom is 0.107 e. The second-order valence-corrected chi connectivity index (χ2v) is 4.60. The Morgan fingerprint density at radius 3 is 3.29 bits per heavy atom. The average Bonchev–Trinajstić information content (AvgIpc) is 2.60. The molecule has 1 N–H and O–H groups in total. The number of aromatic nitrogens is 1. The van der Waals surface area contributed by atoms with Gasteiger partial charge in [-0.3, -0.25) is 0 Å². The van der Waals surface area contributed by atoms with Gasteiger partial charge in [0.25, 0.3) is 0 Å². The van der Waals surface area contributed by atoms with Crippen molar-refractivity contribution in [1.29, 1.82) is 5.26 Å². The largest absolute Gasteiger partial charge is 0.312 e. The highest BCUT2D eigenvalue weighted by molar-refractivity contribution is 7.11. The summed E-state index contributed by atoms with van der Waals surface area (Å²) < 4.78 is 0. The number of nitriles is 1. The van der Waals surface area contributed by atoms with Gasteiger partial charge in [-0.1, -0.05) is 0 Å². The third-order valence-electron chi connectivity index (χ3n) is 2.57. The Labute approximate surface area is 87.8 Å². The Morgan fingerprint density at radius 2 is 2.57 bits per heavy atom. The molecule has 4 heteroatoms. The third kappa shape index (κ3) is 1.66. The molecule has 1 atom stereocenters. The smallest absolute Gasteiger partial charge is 0.107 e. The van der Waals surface area contributed by atoms with Gasteiger partial charge in [-0.05, 0) is 26.3 Å². The van der Waals surface area contributed by atoms with Crippen LogP contribution in [-0.4, -0.2) is 12.0 Å². The topological polar surface area (TPSA) is 48.7 Å². The van der Waals surface area contributed by atoms with Gasteiger partial charge in [-0.2, -0.15) is 5.26 Å². The molecule has 3 nitrogen and oxygen atoms in total. The standard InChI is InChI=1S/C10H13N3S/c1-12-7-3-2-4-8-10(7)14-9(13-8)5-6-11/h7,12H,2-5H2,1H3. The van der Waals surface area contributed by atoms with E-state index < -0.39 is 0 Å². The van der Waals surface area contributed by atoms with Crippen molar-refractivity contribution >= 4 is 11.3 Å². The molecule has 0 bridgehead atoms. The highest BCUT2D eigenvalue weighted by atomic mass is 32.1. The normalized spacial score (nSPS) is 20.1. The first kappa shape index (κ1) is 9.63. The van der Waals surface area contributed by atoms with Crippen LogP contribution in [0.5, 0.6) is 0 Å². The molecular weight excluding hydrogens is 194 g/mol. The quantitative estimate of drug-likeness (QED) is 0.804. The van der Waals surface area contributed by atoms with Crippen LogP contribution in [-0.2, 0) is 12.8 Å². The predicted molar refractivity (Wildman–Crippen MR) is 56.2 cm³/mol. The third-order valence-corrected chi connectivity index (χ3v) is 3.78. The minimum atomic E-state index is 0.452. The number of aryl methyl sites for hydroxylation is 1. The van der Waals surface area contributed by atoms with E-state index >= 15 is 0 Å². The lowest BCUT2D eigenvalue weighted by Crippen LogP contribution is -2.19. The fraction of sp³-hybridized carbons (Fsp3) is 0.600. The molecule has 0 aliphatic heterocycles. The molecule has 1 unspecified atom stereocenters. The molecule has 2 rings (SSSR count). The number of fused-ring (bicyclic) bond motifs is 1. The van der Waals surface area contributed by atoms with E-state index in [9.17, 15) is 0 Å². The zero-order valence-electron chi connectivity index (χ0n) is 8.21. The summed E-state index contributed by atoms with van der Waals surface area (Å²) in [7, 11) is 1.99. The van der Waals surface area contributed by atoms with Gasteiger partial charge in [0.1, 0.15) is 5.01 Å². The van der Waals surface area contributed by atoms with Crippen molar-refractivity contribution in [3.63, 3.8) is 0 Å². The van der Waals surface area contributed by atoms with Gasteiger partial charge in [0.05, 0.1) is 18.2 Å². The first-order valence-corrected chi connectivity index (χ1v) is 5.69.